The molecule has 0 aromatic heterocycles. The monoisotopic (exact) mass is 474 g/mol. The van der Waals surface area contributed by atoms with Crippen molar-refractivity contribution in [3.8, 4) is 11.1 Å². The van der Waals surface area contributed by atoms with E-state index in [9.17, 15) is 19.5 Å². The van der Waals surface area contributed by atoms with Crippen molar-refractivity contribution >= 4 is 18.0 Å². The van der Waals surface area contributed by atoms with Gasteiger partial charge in [-0.25, -0.2) is 9.59 Å². The smallest absolute Gasteiger partial charge is 0.407 e. The summed E-state index contributed by atoms with van der Waals surface area (Å²) in [5, 5.41) is 14.5. The van der Waals surface area contributed by atoms with Crippen LogP contribution in [-0.4, -0.2) is 49.4 Å². The molecule has 4 rings (SSSR count). The average molecular weight is 475 g/mol. The number of amides is 2. The largest absolute Gasteiger partial charge is 0.479 e. The van der Waals surface area contributed by atoms with Crippen molar-refractivity contribution in [1.82, 2.24) is 10.6 Å². The molecule has 1 unspecified atom stereocenters. The Hall–Kier alpha value is -4.17. The Balaban J connectivity index is 1.41. The van der Waals surface area contributed by atoms with E-state index >= 15 is 0 Å². The van der Waals surface area contributed by atoms with Crippen LogP contribution in [0, 0.1) is 0 Å². The van der Waals surface area contributed by atoms with Gasteiger partial charge in [0.2, 0.25) is 5.91 Å². The van der Waals surface area contributed by atoms with E-state index < -0.39 is 30.1 Å². The van der Waals surface area contributed by atoms with Gasteiger partial charge in [-0.05, 0) is 27.8 Å². The molecule has 0 saturated carbocycles. The third-order valence-corrected chi connectivity index (χ3v) is 5.95. The maximum Gasteiger partial charge on any atom is 0.407 e. The summed E-state index contributed by atoms with van der Waals surface area (Å²) < 4.78 is 10.6. The second kappa shape index (κ2) is 10.8. The minimum Gasteiger partial charge on any atom is -0.479 e. The molecule has 2 amide bonds. The number of alkyl carbamates (subject to hydrolysis) is 1. The minimum atomic E-state index is -1.27. The zero-order chi connectivity index (χ0) is 24.8. The number of carbonyl (C=O) groups excluding carboxylic acids is 2. The third kappa shape index (κ3) is 5.33. The van der Waals surface area contributed by atoms with E-state index in [1.807, 2.05) is 48.5 Å². The fourth-order valence-corrected chi connectivity index (χ4v) is 4.31. The molecular formula is C27H26N2O6. The number of fused-ring (bicyclic) bond motifs is 3. The van der Waals surface area contributed by atoms with Crippen molar-refractivity contribution in [3.63, 3.8) is 0 Å². The SMILES string of the molecule is COC[C@H](NC(=O)OCC1c2ccccc2-c2ccccc21)C(=O)NC(C(=O)O)c1ccccc1. The topological polar surface area (TPSA) is 114 Å². The predicted octanol–water partition coefficient (Wildman–Crippen LogP) is 3.48. The zero-order valence-corrected chi connectivity index (χ0v) is 19.1. The molecule has 0 fully saturated rings. The lowest BCUT2D eigenvalue weighted by Gasteiger charge is -2.21. The molecule has 35 heavy (non-hydrogen) atoms. The molecule has 0 aliphatic heterocycles. The third-order valence-electron chi connectivity index (χ3n) is 5.95. The van der Waals surface area contributed by atoms with E-state index in [1.54, 1.807) is 30.3 Å². The number of aliphatic carboxylic acids is 1. The Labute approximate surface area is 202 Å². The van der Waals surface area contributed by atoms with Gasteiger partial charge in [-0.3, -0.25) is 4.79 Å². The number of hydrogen-bond donors (Lipinski definition) is 3. The summed E-state index contributed by atoms with van der Waals surface area (Å²) in [6.45, 7) is -0.0693. The molecule has 1 aliphatic carbocycles. The van der Waals surface area contributed by atoms with E-state index in [2.05, 4.69) is 10.6 Å². The first-order valence-electron chi connectivity index (χ1n) is 11.2. The van der Waals surface area contributed by atoms with Gasteiger partial charge in [0.05, 0.1) is 6.61 Å². The molecule has 3 aromatic rings. The molecule has 0 spiro atoms. The van der Waals surface area contributed by atoms with Crippen LogP contribution in [0.1, 0.15) is 28.7 Å². The number of ether oxygens (including phenoxy) is 2. The summed E-state index contributed by atoms with van der Waals surface area (Å²) in [5.74, 6) is -2.05. The van der Waals surface area contributed by atoms with Gasteiger partial charge in [0.1, 0.15) is 12.6 Å². The van der Waals surface area contributed by atoms with Gasteiger partial charge >= 0.3 is 12.1 Å². The molecule has 3 N–H and O–H groups in total. The van der Waals surface area contributed by atoms with Crippen LogP contribution in [0.25, 0.3) is 11.1 Å². The molecule has 1 aliphatic rings. The van der Waals surface area contributed by atoms with E-state index in [4.69, 9.17) is 9.47 Å². The number of carboxylic acids is 1. The molecule has 0 saturated heterocycles. The number of rotatable bonds is 9. The second-order valence-electron chi connectivity index (χ2n) is 8.17. The van der Waals surface area contributed by atoms with Crippen molar-refractivity contribution in [3.05, 3.63) is 95.6 Å². The van der Waals surface area contributed by atoms with Crippen LogP contribution in [0.5, 0.6) is 0 Å². The van der Waals surface area contributed by atoms with Crippen molar-refractivity contribution in [2.75, 3.05) is 20.3 Å². The number of nitrogens with one attached hydrogen (secondary N) is 2. The number of carbonyl (C=O) groups is 3. The molecular weight excluding hydrogens is 448 g/mol. The van der Waals surface area contributed by atoms with Crippen LogP contribution < -0.4 is 10.6 Å². The van der Waals surface area contributed by atoms with Crippen molar-refractivity contribution < 1.29 is 29.0 Å². The first kappa shape index (κ1) is 24.0. The summed E-state index contributed by atoms with van der Waals surface area (Å²) in [6, 6.07) is 21.8. The van der Waals surface area contributed by atoms with Crippen LogP contribution in [-0.2, 0) is 19.1 Å². The molecule has 180 valence electrons. The van der Waals surface area contributed by atoms with Gasteiger partial charge < -0.3 is 25.2 Å². The quantitative estimate of drug-likeness (QED) is 0.438. The lowest BCUT2D eigenvalue weighted by Crippen LogP contribution is -2.51. The molecule has 0 radical (unpaired) electrons. The highest BCUT2D eigenvalue weighted by Gasteiger charge is 2.31. The second-order valence-corrected chi connectivity index (χ2v) is 8.17. The number of methoxy groups -OCH3 is 1. The number of benzene rings is 3. The van der Waals surface area contributed by atoms with Crippen LogP contribution in [0.2, 0.25) is 0 Å². The van der Waals surface area contributed by atoms with Crippen molar-refractivity contribution in [1.29, 1.82) is 0 Å². The first-order chi connectivity index (χ1) is 17.0. The van der Waals surface area contributed by atoms with Gasteiger partial charge in [0.25, 0.3) is 0 Å². The highest BCUT2D eigenvalue weighted by Crippen LogP contribution is 2.44. The predicted molar refractivity (Wildman–Crippen MR) is 129 cm³/mol. The maximum absolute atomic E-state index is 12.8. The Bertz CT molecular complexity index is 1170. The molecule has 0 bridgehead atoms. The van der Waals surface area contributed by atoms with E-state index in [-0.39, 0.29) is 19.1 Å². The van der Waals surface area contributed by atoms with Crippen LogP contribution >= 0.6 is 0 Å². The molecule has 8 nitrogen and oxygen atoms in total. The fourth-order valence-electron chi connectivity index (χ4n) is 4.31. The van der Waals surface area contributed by atoms with Crippen molar-refractivity contribution in [2.45, 2.75) is 18.0 Å². The standard InChI is InChI=1S/C27H26N2O6/c1-34-16-23(25(30)29-24(26(31)32)17-9-3-2-4-10-17)28-27(33)35-15-22-20-13-7-5-11-18(20)19-12-6-8-14-21(19)22/h2-14,22-24H,15-16H2,1H3,(H,28,33)(H,29,30)(H,31,32)/t23-,24?/m0/s1. The summed E-state index contributed by atoms with van der Waals surface area (Å²) in [7, 11) is 1.38. The minimum absolute atomic E-state index is 0.0863. The van der Waals surface area contributed by atoms with Gasteiger partial charge in [0, 0.05) is 13.0 Å². The highest BCUT2D eigenvalue weighted by atomic mass is 16.5. The first-order valence-corrected chi connectivity index (χ1v) is 11.2. The summed E-state index contributed by atoms with van der Waals surface area (Å²) in [5.41, 5.74) is 4.76. The summed E-state index contributed by atoms with van der Waals surface area (Å²) in [4.78, 5) is 37.2. The lowest BCUT2D eigenvalue weighted by atomic mass is 9.98. The van der Waals surface area contributed by atoms with E-state index in [0.717, 1.165) is 22.3 Å². The molecule has 3 aromatic carbocycles. The van der Waals surface area contributed by atoms with E-state index in [1.165, 1.54) is 7.11 Å². The Morgan fingerprint density at radius 2 is 1.43 bits per heavy atom. The van der Waals surface area contributed by atoms with Crippen molar-refractivity contribution in [2.24, 2.45) is 0 Å². The number of carboxylic acid groups (broad SMARTS) is 1. The normalized spacial score (nSPS) is 13.7. The van der Waals surface area contributed by atoms with E-state index in [0.29, 0.717) is 5.56 Å². The fraction of sp³-hybridized carbons (Fsp3) is 0.222. The summed E-state index contributed by atoms with van der Waals surface area (Å²) in [6.07, 6.45) is -0.796. The van der Waals surface area contributed by atoms with Gasteiger partial charge in [-0.2, -0.15) is 0 Å². The Morgan fingerprint density at radius 1 is 0.857 bits per heavy atom. The van der Waals surface area contributed by atoms with Gasteiger partial charge in [0.15, 0.2) is 6.04 Å². The maximum atomic E-state index is 12.8. The molecule has 0 heterocycles. The average Bonchev–Trinajstić information content (AvgIpc) is 3.19. The number of hydrogen-bond acceptors (Lipinski definition) is 5. The van der Waals surface area contributed by atoms with Crippen LogP contribution in [0.4, 0.5) is 4.79 Å². The van der Waals surface area contributed by atoms with Gasteiger partial charge in [-0.15, -0.1) is 0 Å². The van der Waals surface area contributed by atoms with Crippen LogP contribution in [0.3, 0.4) is 0 Å². The molecule has 2 atom stereocenters. The molecule has 8 heteroatoms. The Morgan fingerprint density at radius 3 is 2.00 bits per heavy atom. The lowest BCUT2D eigenvalue weighted by molar-refractivity contribution is -0.142. The van der Waals surface area contributed by atoms with Crippen LogP contribution in [0.15, 0.2) is 78.9 Å². The zero-order valence-electron chi connectivity index (χ0n) is 19.1. The van der Waals surface area contributed by atoms with Gasteiger partial charge in [-0.1, -0.05) is 78.9 Å². The Kier molecular flexibility index (Phi) is 7.42. The highest BCUT2D eigenvalue weighted by molar-refractivity contribution is 5.90. The summed E-state index contributed by atoms with van der Waals surface area (Å²) >= 11 is 0.